The van der Waals surface area contributed by atoms with Gasteiger partial charge in [-0.2, -0.15) is 0 Å². The summed E-state index contributed by atoms with van der Waals surface area (Å²) in [5.41, 5.74) is 7.42. The molecule has 2 heterocycles. The van der Waals surface area contributed by atoms with Crippen molar-refractivity contribution in [1.29, 1.82) is 0 Å². The molecule has 7 nitrogen and oxygen atoms in total. The zero-order valence-corrected chi connectivity index (χ0v) is 14.2. The Hall–Kier alpha value is -2.67. The van der Waals surface area contributed by atoms with Gasteiger partial charge in [0.15, 0.2) is 0 Å². The summed E-state index contributed by atoms with van der Waals surface area (Å²) in [5.74, 6) is 0.567. The standard InChI is InChI=1S/C18H22N4O3/c1-2-20-17(23)16-10-15(21-18(19)22-16)12-5-7-13(8-6-12)25-11-14-4-3-9-24-14/h5-8,10,14H,2-4,9,11H2,1H3,(H,20,23)(H2,19,21,22). The highest BCUT2D eigenvalue weighted by Crippen LogP contribution is 2.23. The van der Waals surface area contributed by atoms with Crippen molar-refractivity contribution < 1.29 is 14.3 Å². The molecule has 0 aliphatic carbocycles. The van der Waals surface area contributed by atoms with E-state index in [-0.39, 0.29) is 23.7 Å². The van der Waals surface area contributed by atoms with Crippen molar-refractivity contribution in [2.75, 3.05) is 25.5 Å². The summed E-state index contributed by atoms with van der Waals surface area (Å²) in [5, 5.41) is 2.70. The van der Waals surface area contributed by atoms with E-state index in [2.05, 4.69) is 15.3 Å². The Morgan fingerprint density at radius 2 is 2.16 bits per heavy atom. The predicted octanol–water partition coefficient (Wildman–Crippen LogP) is 2.03. The van der Waals surface area contributed by atoms with Gasteiger partial charge in [0.1, 0.15) is 18.1 Å². The Morgan fingerprint density at radius 3 is 2.84 bits per heavy atom. The third kappa shape index (κ3) is 4.45. The zero-order chi connectivity index (χ0) is 17.6. The third-order valence-electron chi connectivity index (χ3n) is 3.92. The molecule has 3 N–H and O–H groups in total. The minimum absolute atomic E-state index is 0.0671. The first kappa shape index (κ1) is 17.2. The molecule has 0 radical (unpaired) electrons. The van der Waals surface area contributed by atoms with Gasteiger partial charge in [-0.3, -0.25) is 4.79 Å². The van der Waals surface area contributed by atoms with Gasteiger partial charge in [-0.25, -0.2) is 9.97 Å². The predicted molar refractivity (Wildman–Crippen MR) is 94.4 cm³/mol. The number of amides is 1. The van der Waals surface area contributed by atoms with E-state index in [1.165, 1.54) is 0 Å². The maximum atomic E-state index is 12.0. The molecule has 1 atom stereocenters. The molecule has 1 amide bonds. The molecule has 1 saturated heterocycles. The Bertz CT molecular complexity index is 728. The minimum atomic E-state index is -0.269. The molecule has 1 fully saturated rings. The summed E-state index contributed by atoms with van der Waals surface area (Å²) in [4.78, 5) is 20.2. The first-order valence-corrected chi connectivity index (χ1v) is 8.43. The number of anilines is 1. The quantitative estimate of drug-likeness (QED) is 0.833. The molecule has 0 bridgehead atoms. The van der Waals surface area contributed by atoms with Gasteiger partial charge in [0, 0.05) is 18.7 Å². The highest BCUT2D eigenvalue weighted by Gasteiger charge is 2.16. The minimum Gasteiger partial charge on any atom is -0.491 e. The van der Waals surface area contributed by atoms with Crippen LogP contribution >= 0.6 is 0 Å². The highest BCUT2D eigenvalue weighted by atomic mass is 16.5. The lowest BCUT2D eigenvalue weighted by Gasteiger charge is -2.12. The van der Waals surface area contributed by atoms with E-state index < -0.39 is 0 Å². The number of ether oxygens (including phenoxy) is 2. The summed E-state index contributed by atoms with van der Waals surface area (Å²) >= 11 is 0. The van der Waals surface area contributed by atoms with E-state index in [0.717, 1.165) is 30.8 Å². The molecule has 0 spiro atoms. The van der Waals surface area contributed by atoms with Crippen LogP contribution in [0.1, 0.15) is 30.3 Å². The molecule has 1 unspecified atom stereocenters. The number of carbonyl (C=O) groups is 1. The van der Waals surface area contributed by atoms with Crippen LogP contribution in [0.25, 0.3) is 11.3 Å². The molecule has 1 aromatic carbocycles. The van der Waals surface area contributed by atoms with Gasteiger partial charge in [0.2, 0.25) is 5.95 Å². The van der Waals surface area contributed by atoms with E-state index in [9.17, 15) is 4.79 Å². The molecule has 1 aliphatic heterocycles. The fraction of sp³-hybridized carbons (Fsp3) is 0.389. The second-order valence-electron chi connectivity index (χ2n) is 5.83. The number of aromatic nitrogens is 2. The lowest BCUT2D eigenvalue weighted by molar-refractivity contribution is 0.0679. The maximum Gasteiger partial charge on any atom is 0.270 e. The van der Waals surface area contributed by atoms with Gasteiger partial charge >= 0.3 is 0 Å². The number of benzene rings is 1. The lowest BCUT2D eigenvalue weighted by atomic mass is 10.1. The number of carbonyl (C=O) groups excluding carboxylic acids is 1. The molecular formula is C18H22N4O3. The van der Waals surface area contributed by atoms with Crippen LogP contribution in [0, 0.1) is 0 Å². The zero-order valence-electron chi connectivity index (χ0n) is 14.2. The number of nitrogen functional groups attached to an aromatic ring is 1. The number of rotatable bonds is 6. The molecule has 25 heavy (non-hydrogen) atoms. The summed E-state index contributed by atoms with van der Waals surface area (Å²) < 4.78 is 11.3. The van der Waals surface area contributed by atoms with E-state index >= 15 is 0 Å². The van der Waals surface area contributed by atoms with Crippen LogP contribution in [0.3, 0.4) is 0 Å². The van der Waals surface area contributed by atoms with Gasteiger partial charge in [-0.05, 0) is 50.1 Å². The fourth-order valence-corrected chi connectivity index (χ4v) is 2.67. The van der Waals surface area contributed by atoms with Crippen molar-refractivity contribution in [3.05, 3.63) is 36.0 Å². The van der Waals surface area contributed by atoms with Gasteiger partial charge in [0.25, 0.3) is 5.91 Å². The van der Waals surface area contributed by atoms with E-state index in [0.29, 0.717) is 18.8 Å². The average molecular weight is 342 g/mol. The molecule has 3 rings (SSSR count). The molecule has 1 aromatic heterocycles. The normalized spacial score (nSPS) is 16.6. The smallest absolute Gasteiger partial charge is 0.270 e. The van der Waals surface area contributed by atoms with E-state index in [1.807, 2.05) is 31.2 Å². The van der Waals surface area contributed by atoms with E-state index in [1.54, 1.807) is 6.07 Å². The fourth-order valence-electron chi connectivity index (χ4n) is 2.67. The Balaban J connectivity index is 1.71. The third-order valence-corrected chi connectivity index (χ3v) is 3.92. The van der Waals surface area contributed by atoms with Crippen LogP contribution in [-0.4, -0.2) is 41.7 Å². The number of nitrogens with one attached hydrogen (secondary N) is 1. The van der Waals surface area contributed by atoms with Crippen LogP contribution in [0.2, 0.25) is 0 Å². The van der Waals surface area contributed by atoms with Crippen molar-refractivity contribution in [2.45, 2.75) is 25.9 Å². The van der Waals surface area contributed by atoms with Gasteiger partial charge < -0.3 is 20.5 Å². The topological polar surface area (TPSA) is 99.4 Å². The van der Waals surface area contributed by atoms with Crippen molar-refractivity contribution >= 4 is 11.9 Å². The van der Waals surface area contributed by atoms with Crippen LogP contribution in [0.15, 0.2) is 30.3 Å². The summed E-state index contributed by atoms with van der Waals surface area (Å²) in [7, 11) is 0. The molecule has 2 aromatic rings. The lowest BCUT2D eigenvalue weighted by Crippen LogP contribution is -2.24. The van der Waals surface area contributed by atoms with Crippen LogP contribution in [0.4, 0.5) is 5.95 Å². The second-order valence-corrected chi connectivity index (χ2v) is 5.83. The number of hydrogen-bond acceptors (Lipinski definition) is 6. The first-order chi connectivity index (χ1) is 12.2. The average Bonchev–Trinajstić information content (AvgIpc) is 3.14. The summed E-state index contributed by atoms with van der Waals surface area (Å²) in [6, 6.07) is 9.13. The Kier molecular flexibility index (Phi) is 5.45. The molecule has 7 heteroatoms. The van der Waals surface area contributed by atoms with Crippen molar-refractivity contribution in [3.8, 4) is 17.0 Å². The molecule has 1 aliphatic rings. The molecular weight excluding hydrogens is 320 g/mol. The van der Waals surface area contributed by atoms with Crippen LogP contribution in [0.5, 0.6) is 5.75 Å². The monoisotopic (exact) mass is 342 g/mol. The van der Waals surface area contributed by atoms with E-state index in [4.69, 9.17) is 15.2 Å². The molecule has 132 valence electrons. The number of hydrogen-bond donors (Lipinski definition) is 2. The molecule has 0 saturated carbocycles. The van der Waals surface area contributed by atoms with Crippen LogP contribution < -0.4 is 15.8 Å². The highest BCUT2D eigenvalue weighted by molar-refractivity contribution is 5.93. The Labute approximate surface area is 146 Å². The van der Waals surface area contributed by atoms with Gasteiger partial charge in [-0.15, -0.1) is 0 Å². The largest absolute Gasteiger partial charge is 0.491 e. The van der Waals surface area contributed by atoms with Crippen molar-refractivity contribution in [1.82, 2.24) is 15.3 Å². The number of nitrogens with two attached hydrogens (primary N) is 1. The maximum absolute atomic E-state index is 12.0. The second kappa shape index (κ2) is 7.94. The van der Waals surface area contributed by atoms with Crippen molar-refractivity contribution in [3.63, 3.8) is 0 Å². The van der Waals surface area contributed by atoms with Gasteiger partial charge in [-0.1, -0.05) is 0 Å². The first-order valence-electron chi connectivity index (χ1n) is 8.43. The SMILES string of the molecule is CCNC(=O)c1cc(-c2ccc(OCC3CCCO3)cc2)nc(N)n1. The van der Waals surface area contributed by atoms with Crippen molar-refractivity contribution in [2.24, 2.45) is 0 Å². The van der Waals surface area contributed by atoms with Gasteiger partial charge in [0.05, 0.1) is 11.8 Å². The summed E-state index contributed by atoms with van der Waals surface area (Å²) in [6.07, 6.45) is 2.32. The number of nitrogens with zero attached hydrogens (tertiary/aromatic N) is 2. The Morgan fingerprint density at radius 1 is 1.36 bits per heavy atom. The van der Waals surface area contributed by atoms with Crippen LogP contribution in [-0.2, 0) is 4.74 Å². The summed E-state index contributed by atoms with van der Waals surface area (Å²) in [6.45, 7) is 3.74.